The summed E-state index contributed by atoms with van der Waals surface area (Å²) in [5, 5.41) is 43.3. The van der Waals surface area contributed by atoms with E-state index >= 15 is 0 Å². The second-order valence-corrected chi connectivity index (χ2v) is 11.9. The van der Waals surface area contributed by atoms with Crippen molar-refractivity contribution in [1.82, 2.24) is 39.9 Å². The summed E-state index contributed by atoms with van der Waals surface area (Å²) in [5.41, 5.74) is 5.00. The average Bonchev–Trinajstić information content (AvgIpc) is 3.46. The van der Waals surface area contributed by atoms with E-state index in [0.29, 0.717) is 13.1 Å². The molecule has 0 aliphatic carbocycles. The molecule has 1 unspecified atom stereocenters. The number of aryl methyl sites for hydroxylation is 1. The summed E-state index contributed by atoms with van der Waals surface area (Å²) < 4.78 is 2.04. The smallest absolute Gasteiger partial charge is 0.326 e. The quantitative estimate of drug-likeness (QED) is 0.0655. The van der Waals surface area contributed by atoms with Crippen LogP contribution in [-0.2, 0) is 41.9 Å². The lowest BCUT2D eigenvalue weighted by atomic mass is 10.2. The Kier molecular flexibility index (Phi) is 18.0. The van der Waals surface area contributed by atoms with Gasteiger partial charge in [0.2, 0.25) is 29.5 Å². The fourth-order valence-corrected chi connectivity index (χ4v) is 5.19. The molecule has 18 nitrogen and oxygen atoms in total. The first kappa shape index (κ1) is 42.5. The number of hydrogen-bond donors (Lipinski definition) is 6. The van der Waals surface area contributed by atoms with Crippen LogP contribution in [-0.4, -0.2) is 178 Å². The van der Waals surface area contributed by atoms with Crippen molar-refractivity contribution in [3.8, 4) is 0 Å². The van der Waals surface area contributed by atoms with Crippen molar-refractivity contribution in [2.75, 3.05) is 86.8 Å². The van der Waals surface area contributed by atoms with Crippen LogP contribution in [0.15, 0.2) is 30.3 Å². The number of hydrazine groups is 1. The molecular formula is C33H52N8O10. The molecule has 1 aromatic heterocycles. The molecule has 18 heteroatoms. The monoisotopic (exact) mass is 720 g/mol. The number of benzene rings is 1. The summed E-state index contributed by atoms with van der Waals surface area (Å²) in [6, 6.07) is 8.76. The maximum absolute atomic E-state index is 13.2. The van der Waals surface area contributed by atoms with Gasteiger partial charge in [-0.1, -0.05) is 18.2 Å². The molecule has 284 valence electrons. The number of aromatic nitrogens is 1. The highest BCUT2D eigenvalue weighted by Gasteiger charge is 2.27. The molecule has 0 saturated heterocycles. The summed E-state index contributed by atoms with van der Waals surface area (Å²) in [6.07, 6.45) is -0.173. The van der Waals surface area contributed by atoms with Gasteiger partial charge in [-0.2, -0.15) is 0 Å². The summed E-state index contributed by atoms with van der Waals surface area (Å²) in [7, 11) is 5.02. The normalized spacial score (nSPS) is 11.7. The molecule has 5 amide bonds. The zero-order valence-corrected chi connectivity index (χ0v) is 29.8. The lowest BCUT2D eigenvalue weighted by Crippen LogP contribution is -2.51. The predicted octanol–water partition coefficient (Wildman–Crippen LogP) is -2.50. The number of aliphatic carboxylic acids is 1. The molecule has 2 rings (SSSR count). The third-order valence-corrected chi connectivity index (χ3v) is 8.42. The van der Waals surface area contributed by atoms with Gasteiger partial charge in [-0.15, -0.1) is 0 Å². The Hall–Kier alpha value is -4.62. The third kappa shape index (κ3) is 13.2. The second-order valence-electron chi connectivity index (χ2n) is 11.9. The average molecular weight is 721 g/mol. The number of rotatable bonds is 23. The molecule has 0 spiro atoms. The molecule has 1 aromatic carbocycles. The highest BCUT2D eigenvalue weighted by atomic mass is 16.4. The first-order chi connectivity index (χ1) is 24.3. The number of carboxylic acid groups (broad SMARTS) is 1. The Balaban J connectivity index is 2.01. The van der Waals surface area contributed by atoms with E-state index < -0.39 is 81.0 Å². The van der Waals surface area contributed by atoms with Crippen molar-refractivity contribution >= 4 is 46.4 Å². The van der Waals surface area contributed by atoms with Gasteiger partial charge in [0, 0.05) is 70.9 Å². The molecular weight excluding hydrogens is 668 g/mol. The number of nitrogens with zero attached hydrogens (tertiary/aromatic N) is 6. The summed E-state index contributed by atoms with van der Waals surface area (Å²) in [4.78, 5) is 80.1. The van der Waals surface area contributed by atoms with Gasteiger partial charge in [0.25, 0.3) is 0 Å². The highest BCUT2D eigenvalue weighted by Crippen LogP contribution is 2.21. The van der Waals surface area contributed by atoms with Crippen molar-refractivity contribution in [3.05, 3.63) is 36.0 Å². The van der Waals surface area contributed by atoms with Gasteiger partial charge in [0.1, 0.15) is 6.04 Å². The van der Waals surface area contributed by atoms with Gasteiger partial charge < -0.3 is 49.9 Å². The van der Waals surface area contributed by atoms with Gasteiger partial charge in [-0.3, -0.25) is 29.4 Å². The Bertz CT molecular complexity index is 1480. The molecule has 0 saturated carbocycles. The third-order valence-electron chi connectivity index (χ3n) is 8.42. The van der Waals surface area contributed by atoms with Crippen molar-refractivity contribution in [3.63, 3.8) is 0 Å². The van der Waals surface area contributed by atoms with Crippen LogP contribution in [0.1, 0.15) is 25.5 Å². The maximum atomic E-state index is 13.2. The van der Waals surface area contributed by atoms with Crippen molar-refractivity contribution in [1.29, 1.82) is 0 Å². The Morgan fingerprint density at radius 1 is 0.784 bits per heavy atom. The Morgan fingerprint density at radius 2 is 1.35 bits per heavy atom. The number of carbonyl (C=O) groups excluding carboxylic acids is 5. The zero-order valence-electron chi connectivity index (χ0n) is 29.8. The Morgan fingerprint density at radius 3 is 1.94 bits per heavy atom. The fraction of sp³-hybridized carbons (Fsp3) is 0.576. The van der Waals surface area contributed by atoms with Gasteiger partial charge in [-0.25, -0.2) is 9.80 Å². The number of carbonyl (C=O) groups is 6. The summed E-state index contributed by atoms with van der Waals surface area (Å²) in [5.74, 6) is -4.18. The number of aliphatic hydroxyl groups is 3. The number of aliphatic hydroxyl groups excluding tert-OH is 3. The van der Waals surface area contributed by atoms with Crippen molar-refractivity contribution in [2.45, 2.75) is 38.9 Å². The lowest BCUT2D eigenvalue weighted by molar-refractivity contribution is -0.149. The summed E-state index contributed by atoms with van der Waals surface area (Å²) >= 11 is 0. The molecule has 0 aliphatic heterocycles. The molecule has 6 N–H and O–H groups in total. The standard InChI is InChI=1S/C33H52N8O10/c1-24(33(50)51)37(4)29(46)10-11-38(13-16-42)31(48)22-40(15-18-44)32(49)23-39(14-17-43)30(47)20-35-28(45)9-12-41-26(21-36(3)34-2)19-25-7-5-6-8-27(25)41/h5-8,19,24,34,42-44H,9-18,20-23H2,1-4H3,(H,35,45)(H,50,51). The van der Waals surface area contributed by atoms with E-state index in [1.807, 2.05) is 47.9 Å². The van der Waals surface area contributed by atoms with E-state index in [1.165, 1.54) is 14.0 Å². The van der Waals surface area contributed by atoms with E-state index in [-0.39, 0.29) is 39.0 Å². The predicted molar refractivity (Wildman–Crippen MR) is 186 cm³/mol. The number of amides is 5. The zero-order chi connectivity index (χ0) is 38.1. The van der Waals surface area contributed by atoms with Crippen LogP contribution < -0.4 is 10.7 Å². The van der Waals surface area contributed by atoms with Crippen molar-refractivity contribution < 1.29 is 49.2 Å². The van der Waals surface area contributed by atoms with Crippen LogP contribution in [0.5, 0.6) is 0 Å². The number of likely N-dealkylation sites (N-methyl/N-ethyl adjacent to an activating group) is 1. The van der Waals surface area contributed by atoms with E-state index in [4.69, 9.17) is 5.11 Å². The molecule has 2 aromatic rings. The van der Waals surface area contributed by atoms with E-state index in [0.717, 1.165) is 36.2 Å². The van der Waals surface area contributed by atoms with Crippen LogP contribution >= 0.6 is 0 Å². The number of fused-ring (bicyclic) bond motifs is 1. The summed E-state index contributed by atoms with van der Waals surface area (Å²) in [6.45, 7) is -1.57. The maximum Gasteiger partial charge on any atom is 0.326 e. The van der Waals surface area contributed by atoms with E-state index in [1.54, 1.807) is 0 Å². The van der Waals surface area contributed by atoms with Gasteiger partial charge >= 0.3 is 5.97 Å². The minimum absolute atomic E-state index is 0.0678. The second kappa shape index (κ2) is 21.6. The number of carboxylic acids is 1. The van der Waals surface area contributed by atoms with Crippen molar-refractivity contribution in [2.24, 2.45) is 0 Å². The number of nitrogens with one attached hydrogen (secondary N) is 2. The largest absolute Gasteiger partial charge is 0.480 e. The molecule has 0 fully saturated rings. The topological polar surface area (TPSA) is 229 Å². The molecule has 0 bridgehead atoms. The minimum Gasteiger partial charge on any atom is -0.480 e. The number of para-hydroxylation sites is 1. The lowest BCUT2D eigenvalue weighted by Gasteiger charge is -2.29. The first-order valence-corrected chi connectivity index (χ1v) is 16.6. The van der Waals surface area contributed by atoms with Crippen LogP contribution in [0, 0.1) is 0 Å². The fourth-order valence-electron chi connectivity index (χ4n) is 5.19. The Labute approximate surface area is 297 Å². The SMILES string of the molecule is CNN(C)Cc1cc2ccccc2n1CCC(=O)NCC(=O)N(CCO)CC(=O)N(CCO)CC(=O)N(CCO)CCC(=O)N(C)C(C)C(=O)O. The van der Waals surface area contributed by atoms with Crippen LogP contribution in [0.3, 0.4) is 0 Å². The van der Waals surface area contributed by atoms with Gasteiger partial charge in [-0.05, 0) is 31.5 Å². The van der Waals surface area contributed by atoms with Crippen LogP contribution in [0.25, 0.3) is 10.9 Å². The molecule has 51 heavy (non-hydrogen) atoms. The van der Waals surface area contributed by atoms with Crippen LogP contribution in [0.4, 0.5) is 0 Å². The number of hydrogen-bond acceptors (Lipinski definition) is 11. The molecule has 1 heterocycles. The van der Waals surface area contributed by atoms with E-state index in [2.05, 4.69) is 16.8 Å². The minimum atomic E-state index is -1.20. The first-order valence-electron chi connectivity index (χ1n) is 16.6. The van der Waals surface area contributed by atoms with Gasteiger partial charge in [0.15, 0.2) is 0 Å². The highest BCUT2D eigenvalue weighted by molar-refractivity contribution is 5.90. The van der Waals surface area contributed by atoms with Crippen LogP contribution in [0.2, 0.25) is 0 Å². The van der Waals surface area contributed by atoms with E-state index in [9.17, 15) is 44.1 Å². The molecule has 0 aliphatic rings. The molecule has 1 atom stereocenters. The molecule has 0 radical (unpaired) electrons. The van der Waals surface area contributed by atoms with Gasteiger partial charge in [0.05, 0.1) is 46.0 Å².